The first-order valence-electron chi connectivity index (χ1n) is 7.07. The zero-order valence-electron chi connectivity index (χ0n) is 12.7. The highest BCUT2D eigenvalue weighted by molar-refractivity contribution is 7.18. The van der Waals surface area contributed by atoms with Crippen molar-refractivity contribution in [3.8, 4) is 5.75 Å². The van der Waals surface area contributed by atoms with Crippen LogP contribution in [0.25, 0.3) is 10.2 Å². The number of amides is 1. The minimum Gasteiger partial charge on any atom is -0.482 e. The van der Waals surface area contributed by atoms with Crippen LogP contribution >= 0.6 is 22.9 Å². The number of benzene rings is 2. The zero-order chi connectivity index (χ0) is 16.4. The Balaban J connectivity index is 1.65. The number of fused-ring (bicyclic) bond motifs is 1. The average molecular weight is 347 g/mol. The van der Waals surface area contributed by atoms with Crippen LogP contribution in [0.2, 0.25) is 5.02 Å². The Labute approximate surface area is 143 Å². The van der Waals surface area contributed by atoms with E-state index in [4.69, 9.17) is 16.3 Å². The number of carbonyl (C=O) groups excluding carboxylic acids is 1. The first-order chi connectivity index (χ1) is 11.0. The largest absolute Gasteiger partial charge is 0.482 e. The molecule has 4 nitrogen and oxygen atoms in total. The molecule has 0 unspecified atom stereocenters. The molecule has 1 heterocycles. The summed E-state index contributed by atoms with van der Waals surface area (Å²) in [5.74, 6) is 0.276. The fourth-order valence-electron chi connectivity index (χ4n) is 2.18. The topological polar surface area (TPSA) is 51.2 Å². The van der Waals surface area contributed by atoms with Crippen LogP contribution in [0.4, 0.5) is 5.69 Å². The lowest BCUT2D eigenvalue weighted by atomic mass is 10.2. The van der Waals surface area contributed by atoms with Crippen LogP contribution in [0.3, 0.4) is 0 Å². The minimum absolute atomic E-state index is 0.0943. The number of hydrogen-bond donors (Lipinski definition) is 1. The van der Waals surface area contributed by atoms with Gasteiger partial charge in [0.15, 0.2) is 6.61 Å². The Morgan fingerprint density at radius 1 is 1.26 bits per heavy atom. The molecule has 0 spiro atoms. The van der Waals surface area contributed by atoms with Crippen LogP contribution in [-0.4, -0.2) is 17.5 Å². The van der Waals surface area contributed by atoms with Crippen LogP contribution in [0.15, 0.2) is 36.4 Å². The van der Waals surface area contributed by atoms with Crippen LogP contribution in [0.1, 0.15) is 10.6 Å². The molecule has 0 saturated carbocycles. The number of anilines is 1. The average Bonchev–Trinajstić information content (AvgIpc) is 2.87. The van der Waals surface area contributed by atoms with E-state index < -0.39 is 0 Å². The lowest BCUT2D eigenvalue weighted by molar-refractivity contribution is -0.118. The molecule has 2 aromatic carbocycles. The molecule has 3 aromatic rings. The molecule has 6 heteroatoms. The Kier molecular flexibility index (Phi) is 4.50. The highest BCUT2D eigenvalue weighted by atomic mass is 35.5. The lowest BCUT2D eigenvalue weighted by Crippen LogP contribution is -2.20. The number of thiazole rings is 1. The molecule has 0 radical (unpaired) electrons. The summed E-state index contributed by atoms with van der Waals surface area (Å²) >= 11 is 7.64. The maximum atomic E-state index is 12.0. The first kappa shape index (κ1) is 15.8. The first-order valence-corrected chi connectivity index (χ1v) is 8.27. The van der Waals surface area contributed by atoms with Gasteiger partial charge >= 0.3 is 0 Å². The molecule has 23 heavy (non-hydrogen) atoms. The smallest absolute Gasteiger partial charge is 0.262 e. The fraction of sp³-hybridized carbons (Fsp3) is 0.176. The fourth-order valence-corrected chi connectivity index (χ4v) is 3.22. The number of hydrogen-bond acceptors (Lipinski definition) is 4. The summed E-state index contributed by atoms with van der Waals surface area (Å²) in [6.07, 6.45) is 0. The lowest BCUT2D eigenvalue weighted by Gasteiger charge is -2.09. The molecule has 1 aromatic heterocycles. The Morgan fingerprint density at radius 2 is 2.09 bits per heavy atom. The highest BCUT2D eigenvalue weighted by Crippen LogP contribution is 2.26. The molecule has 0 aliphatic heterocycles. The molecular weight excluding hydrogens is 332 g/mol. The second-order valence-electron chi connectivity index (χ2n) is 5.19. The van der Waals surface area contributed by atoms with Crippen LogP contribution in [-0.2, 0) is 4.79 Å². The van der Waals surface area contributed by atoms with Crippen LogP contribution < -0.4 is 10.1 Å². The van der Waals surface area contributed by atoms with Gasteiger partial charge in [0.1, 0.15) is 5.75 Å². The number of carbonyl (C=O) groups is 1. The zero-order valence-corrected chi connectivity index (χ0v) is 14.3. The third-order valence-corrected chi connectivity index (χ3v) is 4.47. The number of nitrogens with one attached hydrogen (secondary N) is 1. The van der Waals surface area contributed by atoms with Gasteiger partial charge in [-0.2, -0.15) is 0 Å². The second kappa shape index (κ2) is 6.56. The Hall–Kier alpha value is -2.11. The van der Waals surface area contributed by atoms with Gasteiger partial charge in [0.25, 0.3) is 5.91 Å². The summed E-state index contributed by atoms with van der Waals surface area (Å²) in [5, 5.41) is 4.31. The van der Waals surface area contributed by atoms with Crippen molar-refractivity contribution >= 4 is 44.7 Å². The second-order valence-corrected chi connectivity index (χ2v) is 6.83. The third-order valence-electron chi connectivity index (χ3n) is 3.22. The molecule has 0 aliphatic carbocycles. The number of halogens is 1. The predicted octanol–water partition coefficient (Wildman–Crippen LogP) is 4.58. The summed E-state index contributed by atoms with van der Waals surface area (Å²) < 4.78 is 6.53. The van der Waals surface area contributed by atoms with Gasteiger partial charge in [-0.1, -0.05) is 17.7 Å². The van der Waals surface area contributed by atoms with E-state index in [1.165, 1.54) is 0 Å². The van der Waals surface area contributed by atoms with Gasteiger partial charge in [-0.15, -0.1) is 11.3 Å². The number of ether oxygens (including phenoxy) is 1. The maximum absolute atomic E-state index is 12.0. The normalized spacial score (nSPS) is 10.7. The van der Waals surface area contributed by atoms with E-state index in [2.05, 4.69) is 10.3 Å². The predicted molar refractivity (Wildman–Crippen MR) is 94.7 cm³/mol. The van der Waals surface area contributed by atoms with Gasteiger partial charge in [-0.05, 0) is 49.7 Å². The van der Waals surface area contributed by atoms with E-state index in [1.54, 1.807) is 17.4 Å². The molecule has 0 aliphatic rings. The van der Waals surface area contributed by atoms with E-state index >= 15 is 0 Å². The standard InChI is InChI=1S/C17H15ClN2O2S/c1-10-3-5-13(18)15(7-10)22-9-17(21)20-12-4-6-14-16(8-12)23-11(2)19-14/h3-8H,9H2,1-2H3,(H,20,21). The van der Waals surface area contributed by atoms with Crippen molar-refractivity contribution in [2.24, 2.45) is 0 Å². The summed E-state index contributed by atoms with van der Waals surface area (Å²) in [6, 6.07) is 11.1. The van der Waals surface area contributed by atoms with Gasteiger partial charge in [-0.25, -0.2) is 4.98 Å². The molecule has 118 valence electrons. The minimum atomic E-state index is -0.233. The molecule has 0 saturated heterocycles. The van der Waals surface area contributed by atoms with E-state index in [0.29, 0.717) is 10.8 Å². The highest BCUT2D eigenvalue weighted by Gasteiger charge is 2.08. The SMILES string of the molecule is Cc1ccc(Cl)c(OCC(=O)Nc2ccc3nc(C)sc3c2)c1. The third kappa shape index (κ3) is 3.81. The van der Waals surface area contributed by atoms with Gasteiger partial charge in [0.2, 0.25) is 0 Å². The monoisotopic (exact) mass is 346 g/mol. The number of aromatic nitrogens is 1. The molecule has 1 amide bonds. The van der Waals surface area contributed by atoms with Crippen LogP contribution in [0, 0.1) is 13.8 Å². The quantitative estimate of drug-likeness (QED) is 0.752. The molecule has 0 bridgehead atoms. The van der Waals surface area contributed by atoms with E-state index in [1.807, 2.05) is 44.2 Å². The van der Waals surface area contributed by atoms with Crippen molar-refractivity contribution in [2.45, 2.75) is 13.8 Å². The number of nitrogens with zero attached hydrogens (tertiary/aromatic N) is 1. The Morgan fingerprint density at radius 3 is 2.91 bits per heavy atom. The molecule has 0 atom stereocenters. The van der Waals surface area contributed by atoms with Gasteiger partial charge in [-0.3, -0.25) is 4.79 Å². The summed E-state index contributed by atoms with van der Waals surface area (Å²) in [7, 11) is 0. The Bertz CT molecular complexity index is 876. The van der Waals surface area contributed by atoms with Crippen LogP contribution in [0.5, 0.6) is 5.75 Å². The maximum Gasteiger partial charge on any atom is 0.262 e. The van der Waals surface area contributed by atoms with E-state index in [-0.39, 0.29) is 12.5 Å². The van der Waals surface area contributed by atoms with Gasteiger partial charge in [0, 0.05) is 5.69 Å². The van der Waals surface area contributed by atoms with E-state index in [0.717, 1.165) is 26.5 Å². The molecule has 3 rings (SSSR count). The molecular formula is C17H15ClN2O2S. The van der Waals surface area contributed by atoms with Crippen molar-refractivity contribution in [3.05, 3.63) is 52.0 Å². The van der Waals surface area contributed by atoms with Gasteiger partial charge < -0.3 is 10.1 Å². The van der Waals surface area contributed by atoms with Crippen molar-refractivity contribution in [1.82, 2.24) is 4.98 Å². The van der Waals surface area contributed by atoms with Crippen molar-refractivity contribution in [3.63, 3.8) is 0 Å². The van der Waals surface area contributed by atoms with Gasteiger partial charge in [0.05, 0.1) is 20.2 Å². The summed E-state index contributed by atoms with van der Waals surface area (Å²) in [6.45, 7) is 3.81. The number of rotatable bonds is 4. The molecule has 0 fully saturated rings. The summed E-state index contributed by atoms with van der Waals surface area (Å²) in [5.41, 5.74) is 2.69. The van der Waals surface area contributed by atoms with Crippen molar-refractivity contribution < 1.29 is 9.53 Å². The summed E-state index contributed by atoms with van der Waals surface area (Å²) in [4.78, 5) is 16.4. The number of aryl methyl sites for hydroxylation is 2. The van der Waals surface area contributed by atoms with Crippen molar-refractivity contribution in [2.75, 3.05) is 11.9 Å². The van der Waals surface area contributed by atoms with Crippen molar-refractivity contribution in [1.29, 1.82) is 0 Å². The molecule has 1 N–H and O–H groups in total. The van der Waals surface area contributed by atoms with E-state index in [9.17, 15) is 4.79 Å².